The van der Waals surface area contributed by atoms with Crippen LogP contribution in [0.15, 0.2) is 15.8 Å². The zero-order valence-corrected chi connectivity index (χ0v) is 26.4. The van der Waals surface area contributed by atoms with Crippen molar-refractivity contribution < 1.29 is 37.4 Å². The summed E-state index contributed by atoms with van der Waals surface area (Å²) in [5.41, 5.74) is 5.68. The Labute approximate surface area is 230 Å². The molecule has 4 N–H and O–H groups in total. The number of nitrogens with two attached hydrogens (primary N) is 1. The maximum absolute atomic E-state index is 14.1. The zero-order valence-electron chi connectivity index (χ0n) is 24.5. The van der Waals surface area contributed by atoms with Crippen molar-refractivity contribution in [2.24, 2.45) is 5.73 Å². The fraction of sp³-hybridized carbons (Fsp3) is 0.833. The smallest absolute Gasteiger partial charge is 0.359 e. The Morgan fingerprint density at radius 2 is 1.79 bits per heavy atom. The highest BCUT2D eigenvalue weighted by atomic mass is 31.2. The van der Waals surface area contributed by atoms with Gasteiger partial charge in [-0.3, -0.25) is 18.9 Å². The molecule has 2 heterocycles. The van der Waals surface area contributed by atoms with Crippen LogP contribution in [0.25, 0.3) is 0 Å². The van der Waals surface area contributed by atoms with Crippen LogP contribution in [0.4, 0.5) is 0 Å². The average Bonchev–Trinajstić information content (AvgIpc) is 3.15. The van der Waals surface area contributed by atoms with Crippen LogP contribution in [-0.2, 0) is 32.2 Å². The molecule has 1 aliphatic heterocycles. The molecule has 2 rings (SSSR count). The topological polar surface area (TPSA) is 174 Å². The van der Waals surface area contributed by atoms with Gasteiger partial charge in [0.05, 0.1) is 32.5 Å². The summed E-state index contributed by atoms with van der Waals surface area (Å²) in [6.07, 6.45) is -3.49. The third-order valence-corrected chi connectivity index (χ3v) is 14.1. The van der Waals surface area contributed by atoms with E-state index in [9.17, 15) is 19.3 Å². The van der Waals surface area contributed by atoms with Crippen molar-refractivity contribution in [1.82, 2.24) is 9.55 Å². The minimum atomic E-state index is -3.97. The van der Waals surface area contributed by atoms with Crippen molar-refractivity contribution in [1.29, 1.82) is 0 Å². The highest BCUT2D eigenvalue weighted by Crippen LogP contribution is 2.57. The van der Waals surface area contributed by atoms with Crippen LogP contribution in [-0.4, -0.2) is 86.7 Å². The Morgan fingerprint density at radius 3 is 2.31 bits per heavy atom. The Morgan fingerprint density at radius 1 is 1.21 bits per heavy atom. The van der Waals surface area contributed by atoms with Crippen LogP contribution >= 0.6 is 7.60 Å². The lowest BCUT2D eigenvalue weighted by Gasteiger charge is -2.43. The van der Waals surface area contributed by atoms with Crippen molar-refractivity contribution in [2.75, 3.05) is 33.5 Å². The Bertz CT molecular complexity index is 1090. The van der Waals surface area contributed by atoms with E-state index in [-0.39, 0.29) is 37.0 Å². The van der Waals surface area contributed by atoms with E-state index in [1.165, 1.54) is 20.2 Å². The summed E-state index contributed by atoms with van der Waals surface area (Å²) < 4.78 is 50.2. The van der Waals surface area contributed by atoms with Crippen LogP contribution in [0.1, 0.15) is 46.4 Å². The number of methoxy groups -OCH3 is 1. The van der Waals surface area contributed by atoms with E-state index in [0.717, 1.165) is 4.57 Å². The number of rotatable bonds is 14. The predicted octanol–water partition coefficient (Wildman–Crippen LogP) is 2.08. The van der Waals surface area contributed by atoms with Gasteiger partial charge in [0.1, 0.15) is 18.3 Å². The van der Waals surface area contributed by atoms with Gasteiger partial charge < -0.3 is 38.5 Å². The van der Waals surface area contributed by atoms with Gasteiger partial charge in [0.25, 0.3) is 5.56 Å². The standard InChI is InChI=1S/C24H46N3O10PSi/c1-10-34-38(31,35-11-2)22(37-39(8,9)24(4,5)6)16(25)18-17(28)19(33-13-12-32-7)21(36-18)27-14-15(3)20(29)26-23(27)30/h14,16-19,21-22,28H,10-13,25H2,1-9H3,(H,26,29,30)/t16-,17-,18-,19-,21-,22+/m1/s1. The first-order valence-electron chi connectivity index (χ1n) is 13.1. The molecule has 0 spiro atoms. The molecule has 0 aliphatic carbocycles. The molecule has 1 aliphatic rings. The number of aryl methyl sites for hydroxylation is 1. The molecule has 1 saturated heterocycles. The van der Waals surface area contributed by atoms with Gasteiger partial charge in [-0.25, -0.2) is 4.79 Å². The van der Waals surface area contributed by atoms with Crippen molar-refractivity contribution in [3.8, 4) is 0 Å². The van der Waals surface area contributed by atoms with Gasteiger partial charge in [-0.05, 0) is 38.9 Å². The first-order chi connectivity index (χ1) is 18.0. The number of aliphatic hydroxyl groups excluding tert-OH is 1. The van der Waals surface area contributed by atoms with E-state index in [4.69, 9.17) is 33.4 Å². The number of nitrogens with zero attached hydrogens (tertiary/aromatic N) is 1. The summed E-state index contributed by atoms with van der Waals surface area (Å²) in [4.78, 5) is 26.9. The summed E-state index contributed by atoms with van der Waals surface area (Å²) >= 11 is 0. The van der Waals surface area contributed by atoms with Gasteiger partial charge in [0, 0.05) is 18.9 Å². The highest BCUT2D eigenvalue weighted by Gasteiger charge is 2.56. The number of aromatic amines is 1. The normalized spacial score (nSPS) is 24.2. The first kappa shape index (κ1) is 34.0. The molecule has 6 atom stereocenters. The van der Waals surface area contributed by atoms with Gasteiger partial charge in [0.2, 0.25) is 0 Å². The maximum Gasteiger partial charge on any atom is 0.359 e. The number of hydrogen-bond acceptors (Lipinski definition) is 11. The Balaban J connectivity index is 2.59. The second-order valence-corrected chi connectivity index (χ2v) is 17.9. The molecule has 15 heteroatoms. The minimum Gasteiger partial charge on any atom is -0.402 e. The molecule has 0 bridgehead atoms. The number of hydrogen-bond donors (Lipinski definition) is 3. The second-order valence-electron chi connectivity index (χ2n) is 11.0. The van der Waals surface area contributed by atoms with Crippen LogP contribution in [0, 0.1) is 6.92 Å². The van der Waals surface area contributed by atoms with E-state index in [1.54, 1.807) is 13.8 Å². The summed E-state index contributed by atoms with van der Waals surface area (Å²) in [6, 6.07) is -1.21. The number of aliphatic hydroxyl groups is 1. The number of ether oxygens (including phenoxy) is 3. The summed E-state index contributed by atoms with van der Waals surface area (Å²) in [7, 11) is -5.08. The molecule has 0 unspecified atom stereocenters. The van der Waals surface area contributed by atoms with Gasteiger partial charge in [-0.2, -0.15) is 0 Å². The quantitative estimate of drug-likeness (QED) is 0.163. The van der Waals surface area contributed by atoms with Gasteiger partial charge in [-0.1, -0.05) is 20.8 Å². The van der Waals surface area contributed by atoms with Crippen molar-refractivity contribution in [2.45, 2.75) is 96.1 Å². The van der Waals surface area contributed by atoms with E-state index in [0.29, 0.717) is 0 Å². The van der Waals surface area contributed by atoms with Crippen LogP contribution in [0.2, 0.25) is 18.1 Å². The number of nitrogens with one attached hydrogen (secondary N) is 1. The number of H-pyrrole nitrogens is 1. The lowest BCUT2D eigenvalue weighted by atomic mass is 10.0. The molecule has 226 valence electrons. The van der Waals surface area contributed by atoms with Crippen molar-refractivity contribution in [3.05, 3.63) is 32.6 Å². The van der Waals surface area contributed by atoms with E-state index < -0.39 is 63.6 Å². The molecule has 1 aromatic heterocycles. The second kappa shape index (κ2) is 13.6. The molecule has 13 nitrogen and oxygen atoms in total. The third-order valence-electron chi connectivity index (χ3n) is 7.13. The largest absolute Gasteiger partial charge is 0.402 e. The number of aromatic nitrogens is 2. The van der Waals surface area contributed by atoms with E-state index >= 15 is 0 Å². The molecule has 1 fully saturated rings. The molecule has 0 radical (unpaired) electrons. The Kier molecular flexibility index (Phi) is 11.9. The highest BCUT2D eigenvalue weighted by molar-refractivity contribution is 7.54. The average molecular weight is 596 g/mol. The monoisotopic (exact) mass is 595 g/mol. The lowest BCUT2D eigenvalue weighted by Crippen LogP contribution is -2.56. The Hall–Kier alpha value is -1.19. The van der Waals surface area contributed by atoms with Crippen LogP contribution in [0.5, 0.6) is 0 Å². The summed E-state index contributed by atoms with van der Waals surface area (Å²) in [5.74, 6) is -1.29. The first-order valence-corrected chi connectivity index (χ1v) is 17.6. The SMILES string of the molecule is CCOP(=O)(OCC)[C@H](O[Si](C)(C)C(C)(C)C)[C@H](N)[C@H]1O[C@@H](n2cc(C)c(=O)[nH]c2=O)[C@H](OCCOC)[C@@H]1O. The molecule has 39 heavy (non-hydrogen) atoms. The molecule has 0 saturated carbocycles. The molecule has 1 aromatic rings. The lowest BCUT2D eigenvalue weighted by molar-refractivity contribution is -0.0821. The van der Waals surface area contributed by atoms with Gasteiger partial charge in [-0.15, -0.1) is 0 Å². The predicted molar refractivity (Wildman–Crippen MR) is 148 cm³/mol. The summed E-state index contributed by atoms with van der Waals surface area (Å²) in [5, 5.41) is 11.1. The van der Waals surface area contributed by atoms with E-state index in [2.05, 4.69) is 4.98 Å². The van der Waals surface area contributed by atoms with Gasteiger partial charge >= 0.3 is 13.3 Å². The van der Waals surface area contributed by atoms with Crippen LogP contribution < -0.4 is 17.0 Å². The molecule has 0 aromatic carbocycles. The molecule has 0 amide bonds. The molecular weight excluding hydrogens is 549 g/mol. The zero-order chi connectivity index (χ0) is 29.8. The fourth-order valence-electron chi connectivity index (χ4n) is 3.98. The summed E-state index contributed by atoms with van der Waals surface area (Å²) in [6.45, 7) is 15.4. The van der Waals surface area contributed by atoms with Crippen molar-refractivity contribution in [3.63, 3.8) is 0 Å². The molecular formula is C24H46N3O10PSi. The fourth-order valence-corrected chi connectivity index (χ4v) is 8.08. The van der Waals surface area contributed by atoms with E-state index in [1.807, 2.05) is 33.9 Å². The van der Waals surface area contributed by atoms with Crippen molar-refractivity contribution >= 4 is 15.9 Å². The van der Waals surface area contributed by atoms with Gasteiger partial charge in [0.15, 0.2) is 20.4 Å². The third kappa shape index (κ3) is 7.76. The van der Waals surface area contributed by atoms with Crippen LogP contribution in [0.3, 0.4) is 0 Å². The maximum atomic E-state index is 14.1. The minimum absolute atomic E-state index is 0.0763.